The molecule has 0 aliphatic rings. The molecular weight excluding hydrogens is 184 g/mol. The standard InChI is InChI=1S/C7H9ClO2S/c1-11(9,10)7-4-2-3-6(8)5-7/h2-5,9-10H,1H3. The Bertz CT molecular complexity index is 257. The molecule has 0 aromatic heterocycles. The van der Waals surface area contributed by atoms with E-state index in [-0.39, 0.29) is 0 Å². The van der Waals surface area contributed by atoms with Crippen LogP contribution in [0.3, 0.4) is 0 Å². The smallest absolute Gasteiger partial charge is 0.0595 e. The largest absolute Gasteiger partial charge is 0.295 e. The maximum absolute atomic E-state index is 9.19. The van der Waals surface area contributed by atoms with Crippen LogP contribution in [0, 0.1) is 0 Å². The zero-order chi connectivity index (χ0) is 8.48. The van der Waals surface area contributed by atoms with E-state index in [1.165, 1.54) is 6.26 Å². The molecule has 1 rings (SSSR count). The lowest BCUT2D eigenvalue weighted by atomic mass is 10.4. The summed E-state index contributed by atoms with van der Waals surface area (Å²) in [5.41, 5.74) is 0. The van der Waals surface area contributed by atoms with Gasteiger partial charge in [0.15, 0.2) is 0 Å². The topological polar surface area (TPSA) is 40.5 Å². The third-order valence-corrected chi connectivity index (χ3v) is 2.62. The zero-order valence-corrected chi connectivity index (χ0v) is 7.56. The molecule has 0 unspecified atom stereocenters. The van der Waals surface area contributed by atoms with Crippen molar-refractivity contribution in [3.8, 4) is 0 Å². The van der Waals surface area contributed by atoms with Crippen LogP contribution in [0.15, 0.2) is 29.2 Å². The monoisotopic (exact) mass is 192 g/mol. The van der Waals surface area contributed by atoms with Gasteiger partial charge in [-0.05, 0) is 18.2 Å². The first-order chi connectivity index (χ1) is 5.00. The number of benzene rings is 1. The molecule has 0 saturated carbocycles. The quantitative estimate of drug-likeness (QED) is 0.718. The van der Waals surface area contributed by atoms with Crippen LogP contribution >= 0.6 is 22.2 Å². The lowest BCUT2D eigenvalue weighted by Gasteiger charge is -2.26. The third kappa shape index (κ3) is 2.38. The fourth-order valence-corrected chi connectivity index (χ4v) is 1.65. The zero-order valence-electron chi connectivity index (χ0n) is 5.99. The van der Waals surface area contributed by atoms with Crippen molar-refractivity contribution in [3.05, 3.63) is 29.3 Å². The molecule has 0 atom stereocenters. The molecule has 0 spiro atoms. The Morgan fingerprint density at radius 1 is 1.36 bits per heavy atom. The summed E-state index contributed by atoms with van der Waals surface area (Å²) < 4.78 is 18.4. The molecule has 1 aromatic rings. The van der Waals surface area contributed by atoms with E-state index in [9.17, 15) is 9.11 Å². The molecule has 1 aromatic carbocycles. The summed E-state index contributed by atoms with van der Waals surface area (Å²) in [6, 6.07) is 6.57. The van der Waals surface area contributed by atoms with Gasteiger partial charge < -0.3 is 0 Å². The Labute approximate surface area is 72.2 Å². The summed E-state index contributed by atoms with van der Waals surface area (Å²) in [4.78, 5) is 0.477. The highest BCUT2D eigenvalue weighted by molar-refractivity contribution is 8.23. The average molecular weight is 193 g/mol. The SMILES string of the molecule is CS(O)(O)c1cccc(Cl)c1. The third-order valence-electron chi connectivity index (χ3n) is 1.24. The maximum Gasteiger partial charge on any atom is 0.0595 e. The summed E-state index contributed by atoms with van der Waals surface area (Å²) in [7, 11) is -2.61. The molecule has 0 heterocycles. The molecule has 0 aliphatic carbocycles. The van der Waals surface area contributed by atoms with Crippen LogP contribution in [0.1, 0.15) is 0 Å². The van der Waals surface area contributed by atoms with Crippen LogP contribution in [0.4, 0.5) is 0 Å². The van der Waals surface area contributed by atoms with Gasteiger partial charge in [-0.3, -0.25) is 9.11 Å². The molecule has 0 aliphatic heterocycles. The Balaban J connectivity index is 3.06. The Morgan fingerprint density at radius 3 is 2.36 bits per heavy atom. The van der Waals surface area contributed by atoms with Crippen molar-refractivity contribution in [1.82, 2.24) is 0 Å². The minimum Gasteiger partial charge on any atom is -0.295 e. The van der Waals surface area contributed by atoms with Gasteiger partial charge in [0.25, 0.3) is 0 Å². The van der Waals surface area contributed by atoms with E-state index in [0.29, 0.717) is 9.92 Å². The van der Waals surface area contributed by atoms with E-state index in [0.717, 1.165) is 0 Å². The van der Waals surface area contributed by atoms with E-state index in [4.69, 9.17) is 11.6 Å². The summed E-state index contributed by atoms with van der Waals surface area (Å²) in [5.74, 6) is 0. The number of halogens is 1. The summed E-state index contributed by atoms with van der Waals surface area (Å²) in [6.07, 6.45) is 1.37. The van der Waals surface area contributed by atoms with Crippen molar-refractivity contribution >= 4 is 22.2 Å². The Morgan fingerprint density at radius 2 is 2.00 bits per heavy atom. The van der Waals surface area contributed by atoms with E-state index >= 15 is 0 Å². The van der Waals surface area contributed by atoms with Gasteiger partial charge >= 0.3 is 0 Å². The average Bonchev–Trinajstić information content (AvgIpc) is 1.86. The lowest BCUT2D eigenvalue weighted by molar-refractivity contribution is 0.495. The second-order valence-corrected chi connectivity index (χ2v) is 4.87. The van der Waals surface area contributed by atoms with Crippen molar-refractivity contribution in [2.75, 3.05) is 6.26 Å². The number of rotatable bonds is 1. The number of hydrogen-bond acceptors (Lipinski definition) is 2. The predicted octanol–water partition coefficient (Wildman–Crippen LogP) is 3.08. The lowest BCUT2D eigenvalue weighted by Crippen LogP contribution is -1.93. The van der Waals surface area contributed by atoms with Gasteiger partial charge in [0, 0.05) is 11.3 Å². The molecule has 11 heavy (non-hydrogen) atoms. The van der Waals surface area contributed by atoms with Crippen molar-refractivity contribution in [3.63, 3.8) is 0 Å². The molecule has 0 bridgehead atoms. The van der Waals surface area contributed by atoms with Crippen LogP contribution in [-0.4, -0.2) is 15.4 Å². The molecule has 62 valence electrons. The first kappa shape index (κ1) is 8.87. The van der Waals surface area contributed by atoms with Gasteiger partial charge in [-0.25, -0.2) is 0 Å². The Hall–Kier alpha value is -0.220. The summed E-state index contributed by atoms with van der Waals surface area (Å²) >= 11 is 5.64. The maximum atomic E-state index is 9.19. The molecule has 0 amide bonds. The van der Waals surface area contributed by atoms with Gasteiger partial charge in [0.1, 0.15) is 0 Å². The van der Waals surface area contributed by atoms with Crippen LogP contribution in [0.25, 0.3) is 0 Å². The Kier molecular flexibility index (Phi) is 2.44. The van der Waals surface area contributed by atoms with Gasteiger partial charge in [0.2, 0.25) is 0 Å². The normalized spacial score (nSPS) is 13.1. The van der Waals surface area contributed by atoms with Crippen molar-refractivity contribution in [1.29, 1.82) is 0 Å². The van der Waals surface area contributed by atoms with E-state index in [2.05, 4.69) is 0 Å². The molecule has 4 heteroatoms. The van der Waals surface area contributed by atoms with Gasteiger partial charge in [-0.1, -0.05) is 17.7 Å². The molecule has 2 N–H and O–H groups in total. The van der Waals surface area contributed by atoms with Crippen LogP contribution in [0.2, 0.25) is 5.02 Å². The van der Waals surface area contributed by atoms with Crippen molar-refractivity contribution in [2.24, 2.45) is 0 Å². The number of hydrogen-bond donors (Lipinski definition) is 2. The minimum absolute atomic E-state index is 0.477. The summed E-state index contributed by atoms with van der Waals surface area (Å²) in [5, 5.41) is 0.518. The fraction of sp³-hybridized carbons (Fsp3) is 0.143. The van der Waals surface area contributed by atoms with Gasteiger partial charge in [-0.2, -0.15) is 10.6 Å². The second kappa shape index (κ2) is 3.03. The molecule has 0 saturated heterocycles. The van der Waals surface area contributed by atoms with E-state index in [1.807, 2.05) is 0 Å². The van der Waals surface area contributed by atoms with Crippen molar-refractivity contribution < 1.29 is 9.11 Å². The highest BCUT2D eigenvalue weighted by Gasteiger charge is 2.07. The first-order valence-electron chi connectivity index (χ1n) is 2.99. The molecule has 0 fully saturated rings. The molecule has 0 radical (unpaired) electrons. The van der Waals surface area contributed by atoms with Crippen LogP contribution in [-0.2, 0) is 0 Å². The summed E-state index contributed by atoms with van der Waals surface area (Å²) in [6.45, 7) is 0. The van der Waals surface area contributed by atoms with Gasteiger partial charge in [0.05, 0.1) is 4.90 Å². The highest BCUT2D eigenvalue weighted by Crippen LogP contribution is 2.44. The fourth-order valence-electron chi connectivity index (χ4n) is 0.708. The van der Waals surface area contributed by atoms with Crippen molar-refractivity contribution in [2.45, 2.75) is 4.90 Å². The molecular formula is C7H9ClO2S. The first-order valence-corrected chi connectivity index (χ1v) is 5.32. The predicted molar refractivity (Wildman–Crippen MR) is 48.5 cm³/mol. The van der Waals surface area contributed by atoms with E-state index in [1.54, 1.807) is 24.3 Å². The van der Waals surface area contributed by atoms with Crippen LogP contribution in [0.5, 0.6) is 0 Å². The molecule has 2 nitrogen and oxygen atoms in total. The van der Waals surface area contributed by atoms with E-state index < -0.39 is 10.6 Å². The minimum atomic E-state index is -2.61. The van der Waals surface area contributed by atoms with Crippen LogP contribution < -0.4 is 0 Å². The second-order valence-electron chi connectivity index (χ2n) is 2.29. The highest BCUT2D eigenvalue weighted by atomic mass is 35.5. The van der Waals surface area contributed by atoms with Gasteiger partial charge in [-0.15, -0.1) is 0 Å².